The predicted octanol–water partition coefficient (Wildman–Crippen LogP) is 4.14. The summed E-state index contributed by atoms with van der Waals surface area (Å²) < 4.78 is 10.0. The molecule has 4 heteroatoms. The van der Waals surface area contributed by atoms with Crippen LogP contribution >= 0.6 is 0 Å². The molecule has 0 radical (unpaired) electrons. The van der Waals surface area contributed by atoms with Crippen LogP contribution in [0, 0.1) is 0 Å². The van der Waals surface area contributed by atoms with Gasteiger partial charge < -0.3 is 14.5 Å². The second-order valence-electron chi connectivity index (χ2n) is 5.80. The van der Waals surface area contributed by atoms with E-state index in [4.69, 9.17) is 9.15 Å². The summed E-state index contributed by atoms with van der Waals surface area (Å²) >= 11 is 0. The van der Waals surface area contributed by atoms with Gasteiger partial charge in [0.2, 0.25) is 5.76 Å². The Labute approximate surface area is 147 Å². The molecule has 0 saturated heterocycles. The van der Waals surface area contributed by atoms with Crippen molar-refractivity contribution in [1.82, 2.24) is 5.32 Å². The molecule has 0 saturated carbocycles. The van der Waals surface area contributed by atoms with Crippen molar-refractivity contribution < 1.29 is 13.9 Å². The van der Waals surface area contributed by atoms with Crippen LogP contribution in [0.2, 0.25) is 0 Å². The molecule has 4 nitrogen and oxygen atoms in total. The maximum Gasteiger partial charge on any atom is 0.374 e. The molecule has 1 aromatic heterocycles. The number of rotatable bonds is 7. The standard InChI is InChI=1S/C21H21NO3/c1-24-21(23)20-18(12-13-25-20)15-22-19(17-10-6-3-7-11-17)14-16-8-4-2-5-9-16/h2-13,19,22H,14-15H2,1H3. The van der Waals surface area contributed by atoms with Crippen molar-refractivity contribution >= 4 is 5.97 Å². The molecule has 25 heavy (non-hydrogen) atoms. The third-order valence-corrected chi connectivity index (χ3v) is 4.14. The molecule has 0 aliphatic heterocycles. The summed E-state index contributed by atoms with van der Waals surface area (Å²) in [4.78, 5) is 11.8. The van der Waals surface area contributed by atoms with Gasteiger partial charge in [0.1, 0.15) is 0 Å². The topological polar surface area (TPSA) is 51.5 Å². The third-order valence-electron chi connectivity index (χ3n) is 4.14. The van der Waals surface area contributed by atoms with Gasteiger partial charge in [0.25, 0.3) is 0 Å². The number of methoxy groups -OCH3 is 1. The summed E-state index contributed by atoms with van der Waals surface area (Å²) in [7, 11) is 1.35. The van der Waals surface area contributed by atoms with E-state index in [1.165, 1.54) is 24.5 Å². The van der Waals surface area contributed by atoms with E-state index < -0.39 is 5.97 Å². The average Bonchev–Trinajstić information content (AvgIpc) is 3.14. The zero-order chi connectivity index (χ0) is 17.5. The molecule has 1 heterocycles. The van der Waals surface area contributed by atoms with Gasteiger partial charge in [-0.05, 0) is 23.6 Å². The minimum absolute atomic E-state index is 0.129. The predicted molar refractivity (Wildman–Crippen MR) is 96.2 cm³/mol. The van der Waals surface area contributed by atoms with Crippen molar-refractivity contribution in [2.75, 3.05) is 7.11 Å². The quantitative estimate of drug-likeness (QED) is 0.659. The monoisotopic (exact) mass is 335 g/mol. The van der Waals surface area contributed by atoms with E-state index in [0.717, 1.165) is 12.0 Å². The second-order valence-corrected chi connectivity index (χ2v) is 5.80. The van der Waals surface area contributed by atoms with Crippen LogP contribution < -0.4 is 5.32 Å². The van der Waals surface area contributed by atoms with E-state index in [-0.39, 0.29) is 11.8 Å². The van der Waals surface area contributed by atoms with Gasteiger partial charge in [0, 0.05) is 18.2 Å². The number of hydrogen-bond donors (Lipinski definition) is 1. The first kappa shape index (κ1) is 17.0. The fourth-order valence-electron chi connectivity index (χ4n) is 2.82. The zero-order valence-corrected chi connectivity index (χ0v) is 14.1. The molecule has 0 amide bonds. The summed E-state index contributed by atoms with van der Waals surface area (Å²) in [6.07, 6.45) is 2.37. The van der Waals surface area contributed by atoms with Crippen LogP contribution in [0.4, 0.5) is 0 Å². The molecule has 2 aromatic carbocycles. The Morgan fingerprint density at radius 1 is 1.04 bits per heavy atom. The number of hydrogen-bond acceptors (Lipinski definition) is 4. The summed E-state index contributed by atoms with van der Waals surface area (Å²) in [5.41, 5.74) is 3.25. The first-order chi connectivity index (χ1) is 12.3. The normalized spacial score (nSPS) is 11.9. The Bertz CT molecular complexity index is 796. The smallest absolute Gasteiger partial charge is 0.374 e. The summed E-state index contributed by atoms with van der Waals surface area (Å²) in [6.45, 7) is 0.521. The highest BCUT2D eigenvalue weighted by molar-refractivity contribution is 5.87. The van der Waals surface area contributed by atoms with Gasteiger partial charge in [0.05, 0.1) is 13.4 Å². The SMILES string of the molecule is COC(=O)c1occc1CNC(Cc1ccccc1)c1ccccc1. The van der Waals surface area contributed by atoms with Crippen LogP contribution in [0.5, 0.6) is 0 Å². The molecular formula is C21H21NO3. The van der Waals surface area contributed by atoms with E-state index in [9.17, 15) is 4.79 Å². The third kappa shape index (κ3) is 4.37. The molecule has 1 unspecified atom stereocenters. The minimum atomic E-state index is -0.457. The van der Waals surface area contributed by atoms with Gasteiger partial charge in [-0.1, -0.05) is 60.7 Å². The van der Waals surface area contributed by atoms with Crippen LogP contribution in [-0.2, 0) is 17.7 Å². The Balaban J connectivity index is 1.76. The molecular weight excluding hydrogens is 314 g/mol. The first-order valence-electron chi connectivity index (χ1n) is 8.25. The number of benzene rings is 2. The van der Waals surface area contributed by atoms with Crippen molar-refractivity contribution in [3.63, 3.8) is 0 Å². The van der Waals surface area contributed by atoms with Crippen molar-refractivity contribution in [3.05, 3.63) is 95.4 Å². The molecule has 3 aromatic rings. The first-order valence-corrected chi connectivity index (χ1v) is 8.25. The summed E-state index contributed by atoms with van der Waals surface area (Å²) in [6, 6.07) is 22.6. The van der Waals surface area contributed by atoms with Crippen LogP contribution in [0.15, 0.2) is 77.4 Å². The fraction of sp³-hybridized carbons (Fsp3) is 0.190. The van der Waals surface area contributed by atoms with Crippen LogP contribution in [0.3, 0.4) is 0 Å². The van der Waals surface area contributed by atoms with Crippen molar-refractivity contribution in [2.24, 2.45) is 0 Å². The number of carbonyl (C=O) groups excluding carboxylic acids is 1. The lowest BCUT2D eigenvalue weighted by atomic mass is 9.98. The highest BCUT2D eigenvalue weighted by Gasteiger charge is 2.18. The Kier molecular flexibility index (Phi) is 5.65. The maximum absolute atomic E-state index is 11.8. The molecule has 3 rings (SSSR count). The lowest BCUT2D eigenvalue weighted by molar-refractivity contribution is 0.0563. The fourth-order valence-corrected chi connectivity index (χ4v) is 2.82. The molecule has 1 atom stereocenters. The van der Waals surface area contributed by atoms with Gasteiger partial charge in [-0.3, -0.25) is 0 Å². The van der Waals surface area contributed by atoms with E-state index in [2.05, 4.69) is 29.6 Å². The van der Waals surface area contributed by atoms with Gasteiger partial charge in [-0.25, -0.2) is 4.79 Å². The summed E-state index contributed by atoms with van der Waals surface area (Å²) in [5, 5.41) is 3.54. The molecule has 0 aliphatic carbocycles. The van der Waals surface area contributed by atoms with Crippen molar-refractivity contribution in [2.45, 2.75) is 19.0 Å². The van der Waals surface area contributed by atoms with E-state index in [1.807, 2.05) is 36.4 Å². The number of nitrogens with one attached hydrogen (secondary N) is 1. The van der Waals surface area contributed by atoms with Crippen molar-refractivity contribution in [3.8, 4) is 0 Å². The maximum atomic E-state index is 11.8. The summed E-state index contributed by atoms with van der Waals surface area (Å²) in [5.74, 6) is -0.206. The lowest BCUT2D eigenvalue weighted by Crippen LogP contribution is -2.23. The Hall–Kier alpha value is -2.85. The minimum Gasteiger partial charge on any atom is -0.463 e. The molecule has 128 valence electrons. The van der Waals surface area contributed by atoms with Gasteiger partial charge in [-0.15, -0.1) is 0 Å². The molecule has 0 aliphatic rings. The van der Waals surface area contributed by atoms with Gasteiger partial charge in [-0.2, -0.15) is 0 Å². The lowest BCUT2D eigenvalue weighted by Gasteiger charge is -2.19. The number of esters is 1. The van der Waals surface area contributed by atoms with E-state index in [0.29, 0.717) is 6.54 Å². The van der Waals surface area contributed by atoms with Crippen LogP contribution in [0.1, 0.15) is 33.3 Å². The second kappa shape index (κ2) is 8.31. The largest absolute Gasteiger partial charge is 0.463 e. The van der Waals surface area contributed by atoms with Crippen LogP contribution in [-0.4, -0.2) is 13.1 Å². The highest BCUT2D eigenvalue weighted by Crippen LogP contribution is 2.20. The Morgan fingerprint density at radius 3 is 2.40 bits per heavy atom. The highest BCUT2D eigenvalue weighted by atomic mass is 16.5. The average molecular weight is 335 g/mol. The number of ether oxygens (including phenoxy) is 1. The van der Waals surface area contributed by atoms with Crippen molar-refractivity contribution in [1.29, 1.82) is 0 Å². The van der Waals surface area contributed by atoms with Crippen LogP contribution in [0.25, 0.3) is 0 Å². The molecule has 0 fully saturated rings. The number of carbonyl (C=O) groups is 1. The van der Waals surface area contributed by atoms with Gasteiger partial charge in [0.15, 0.2) is 0 Å². The van der Waals surface area contributed by atoms with E-state index >= 15 is 0 Å². The zero-order valence-electron chi connectivity index (χ0n) is 14.1. The molecule has 0 spiro atoms. The van der Waals surface area contributed by atoms with Gasteiger partial charge >= 0.3 is 5.97 Å². The van der Waals surface area contributed by atoms with E-state index in [1.54, 1.807) is 6.07 Å². The molecule has 0 bridgehead atoms. The number of furan rings is 1. The molecule has 1 N–H and O–H groups in total. The Morgan fingerprint density at radius 2 is 1.72 bits per heavy atom.